The van der Waals surface area contributed by atoms with Gasteiger partial charge in [-0.2, -0.15) is 0 Å². The number of aromatic amines is 1. The second-order valence-corrected chi connectivity index (χ2v) is 4.92. The predicted molar refractivity (Wildman–Crippen MR) is 68.7 cm³/mol. The van der Waals surface area contributed by atoms with Crippen molar-refractivity contribution in [1.82, 2.24) is 25.0 Å². The van der Waals surface area contributed by atoms with E-state index >= 15 is 0 Å². The number of aromatic nitrogens is 3. The Kier molecular flexibility index (Phi) is 4.43. The van der Waals surface area contributed by atoms with Gasteiger partial charge in [0.1, 0.15) is 0 Å². The van der Waals surface area contributed by atoms with Crippen LogP contribution in [0.5, 0.6) is 0 Å². The number of carbonyl (C=O) groups excluding carboxylic acids is 1. The Morgan fingerprint density at radius 2 is 2.17 bits per heavy atom. The van der Waals surface area contributed by atoms with Crippen LogP contribution in [-0.4, -0.2) is 57.5 Å². The molecule has 0 atom stereocenters. The van der Waals surface area contributed by atoms with E-state index in [-0.39, 0.29) is 11.6 Å². The van der Waals surface area contributed by atoms with Crippen molar-refractivity contribution in [2.24, 2.45) is 0 Å². The van der Waals surface area contributed by atoms with Crippen LogP contribution in [0, 0.1) is 0 Å². The second-order valence-electron chi connectivity index (χ2n) is 3.98. The van der Waals surface area contributed by atoms with Gasteiger partial charge in [-0.1, -0.05) is 11.8 Å². The van der Waals surface area contributed by atoms with Crippen LogP contribution in [0.3, 0.4) is 0 Å². The van der Waals surface area contributed by atoms with Gasteiger partial charge in [0.25, 0.3) is 0 Å². The molecule has 1 aromatic heterocycles. The van der Waals surface area contributed by atoms with Gasteiger partial charge < -0.3 is 10.2 Å². The highest BCUT2D eigenvalue weighted by atomic mass is 32.2. The molecule has 2 N–H and O–H groups in total. The Morgan fingerprint density at radius 3 is 2.83 bits per heavy atom. The van der Waals surface area contributed by atoms with Crippen LogP contribution in [-0.2, 0) is 11.3 Å². The van der Waals surface area contributed by atoms with Crippen molar-refractivity contribution in [3.63, 3.8) is 0 Å². The van der Waals surface area contributed by atoms with E-state index in [4.69, 9.17) is 0 Å². The van der Waals surface area contributed by atoms with Gasteiger partial charge in [-0.15, -0.1) is 5.10 Å². The molecule has 1 aliphatic heterocycles. The van der Waals surface area contributed by atoms with E-state index in [1.807, 2.05) is 11.8 Å². The summed E-state index contributed by atoms with van der Waals surface area (Å²) in [5.41, 5.74) is -0.227. The van der Waals surface area contributed by atoms with Gasteiger partial charge >= 0.3 is 5.69 Å². The molecular formula is C10H17N5O2S. The zero-order valence-corrected chi connectivity index (χ0v) is 11.1. The molecule has 100 valence electrons. The summed E-state index contributed by atoms with van der Waals surface area (Å²) in [6.45, 7) is 5.62. The number of nitrogens with zero attached hydrogens (tertiary/aromatic N) is 3. The quantitative estimate of drug-likeness (QED) is 0.695. The molecular weight excluding hydrogens is 254 g/mol. The smallest absolute Gasteiger partial charge is 0.339 e. The lowest BCUT2D eigenvalue weighted by molar-refractivity contribution is -0.128. The minimum atomic E-state index is -0.227. The maximum atomic E-state index is 11.9. The first-order chi connectivity index (χ1) is 8.72. The molecule has 0 saturated carbocycles. The molecule has 1 fully saturated rings. The van der Waals surface area contributed by atoms with Crippen molar-refractivity contribution in [1.29, 1.82) is 0 Å². The van der Waals surface area contributed by atoms with Crippen molar-refractivity contribution >= 4 is 17.7 Å². The summed E-state index contributed by atoms with van der Waals surface area (Å²) in [6.07, 6.45) is 0. The van der Waals surface area contributed by atoms with Gasteiger partial charge in [-0.05, 0) is 6.92 Å². The third kappa shape index (κ3) is 2.94. The fourth-order valence-corrected chi connectivity index (χ4v) is 2.74. The molecule has 0 bridgehead atoms. The number of rotatable bonds is 4. The van der Waals surface area contributed by atoms with E-state index in [2.05, 4.69) is 15.5 Å². The van der Waals surface area contributed by atoms with E-state index in [0.717, 1.165) is 26.2 Å². The largest absolute Gasteiger partial charge is 0.343 e. The highest BCUT2D eigenvalue weighted by Gasteiger charge is 2.17. The molecule has 1 aromatic rings. The number of amides is 1. The normalized spacial score (nSPS) is 15.9. The monoisotopic (exact) mass is 271 g/mol. The highest BCUT2D eigenvalue weighted by Crippen LogP contribution is 2.13. The third-order valence-corrected chi connectivity index (χ3v) is 3.80. The Bertz CT molecular complexity index is 463. The maximum Gasteiger partial charge on any atom is 0.343 e. The summed E-state index contributed by atoms with van der Waals surface area (Å²) in [4.78, 5) is 25.1. The average molecular weight is 271 g/mol. The number of nitrogens with one attached hydrogen (secondary N) is 2. The fraction of sp³-hybridized carbons (Fsp3) is 0.700. The first kappa shape index (κ1) is 13.2. The van der Waals surface area contributed by atoms with Crippen molar-refractivity contribution in [3.05, 3.63) is 10.5 Å². The molecule has 0 radical (unpaired) electrons. The Hall–Kier alpha value is -1.28. The van der Waals surface area contributed by atoms with E-state index in [0.29, 0.717) is 17.5 Å². The minimum absolute atomic E-state index is 0.0969. The Balaban J connectivity index is 1.90. The molecule has 1 saturated heterocycles. The second kappa shape index (κ2) is 6.05. The predicted octanol–water partition coefficient (Wildman–Crippen LogP) is -0.885. The zero-order chi connectivity index (χ0) is 13.0. The standard InChI is InChI=1S/C10H17N5O2S/c1-2-15-9(17)12-13-10(15)18-7-8(16)14-5-3-11-4-6-14/h11H,2-7H2,1H3,(H,12,17). The van der Waals surface area contributed by atoms with Gasteiger partial charge in [0.05, 0.1) is 5.75 Å². The number of hydrogen-bond donors (Lipinski definition) is 2. The molecule has 1 aliphatic rings. The molecule has 7 nitrogen and oxygen atoms in total. The highest BCUT2D eigenvalue weighted by molar-refractivity contribution is 7.99. The molecule has 18 heavy (non-hydrogen) atoms. The fourth-order valence-electron chi connectivity index (χ4n) is 1.82. The Morgan fingerprint density at radius 1 is 1.44 bits per heavy atom. The van der Waals surface area contributed by atoms with Crippen LogP contribution >= 0.6 is 11.8 Å². The van der Waals surface area contributed by atoms with E-state index < -0.39 is 0 Å². The van der Waals surface area contributed by atoms with Crippen LogP contribution in [0.15, 0.2) is 9.95 Å². The average Bonchev–Trinajstić information content (AvgIpc) is 2.77. The molecule has 2 rings (SSSR count). The SMILES string of the molecule is CCn1c(SCC(=O)N2CCNCC2)n[nH]c1=O. The van der Waals surface area contributed by atoms with Crippen LogP contribution in [0.2, 0.25) is 0 Å². The number of H-pyrrole nitrogens is 1. The Labute approximate surface area is 109 Å². The lowest BCUT2D eigenvalue weighted by Crippen LogP contribution is -2.47. The summed E-state index contributed by atoms with van der Waals surface area (Å²) in [5, 5.41) is 10.1. The van der Waals surface area contributed by atoms with E-state index in [1.54, 1.807) is 0 Å². The number of carbonyl (C=O) groups is 1. The van der Waals surface area contributed by atoms with Crippen LogP contribution < -0.4 is 11.0 Å². The number of thioether (sulfide) groups is 1. The lowest BCUT2D eigenvalue weighted by Gasteiger charge is -2.27. The van der Waals surface area contributed by atoms with Gasteiger partial charge in [0.2, 0.25) is 5.91 Å². The molecule has 8 heteroatoms. The molecule has 0 aliphatic carbocycles. The van der Waals surface area contributed by atoms with Crippen molar-refractivity contribution in [2.75, 3.05) is 31.9 Å². The topological polar surface area (TPSA) is 83.0 Å². The number of piperazine rings is 1. The van der Waals surface area contributed by atoms with Gasteiger partial charge in [-0.3, -0.25) is 9.36 Å². The maximum absolute atomic E-state index is 11.9. The molecule has 0 unspecified atom stereocenters. The molecule has 0 spiro atoms. The lowest BCUT2D eigenvalue weighted by atomic mass is 10.3. The number of hydrogen-bond acceptors (Lipinski definition) is 5. The van der Waals surface area contributed by atoms with E-state index in [9.17, 15) is 9.59 Å². The molecule has 0 aromatic carbocycles. The molecule has 2 heterocycles. The summed E-state index contributed by atoms with van der Waals surface area (Å²) >= 11 is 1.30. The van der Waals surface area contributed by atoms with Gasteiger partial charge in [-0.25, -0.2) is 9.89 Å². The van der Waals surface area contributed by atoms with E-state index in [1.165, 1.54) is 16.3 Å². The van der Waals surface area contributed by atoms with Crippen molar-refractivity contribution in [2.45, 2.75) is 18.6 Å². The first-order valence-corrected chi connectivity index (χ1v) is 6.97. The summed E-state index contributed by atoms with van der Waals surface area (Å²) in [6, 6.07) is 0. The van der Waals surface area contributed by atoms with Gasteiger partial charge in [0.15, 0.2) is 5.16 Å². The summed E-state index contributed by atoms with van der Waals surface area (Å²) in [5.74, 6) is 0.421. The van der Waals surface area contributed by atoms with Crippen LogP contribution in [0.4, 0.5) is 0 Å². The van der Waals surface area contributed by atoms with Crippen molar-refractivity contribution < 1.29 is 4.79 Å². The van der Waals surface area contributed by atoms with Crippen molar-refractivity contribution in [3.8, 4) is 0 Å². The molecule has 1 amide bonds. The van der Waals surface area contributed by atoms with Gasteiger partial charge in [0, 0.05) is 32.7 Å². The van der Waals surface area contributed by atoms with Crippen LogP contribution in [0.1, 0.15) is 6.92 Å². The first-order valence-electron chi connectivity index (χ1n) is 5.99. The third-order valence-electron chi connectivity index (χ3n) is 2.83. The summed E-state index contributed by atoms with van der Waals surface area (Å²) < 4.78 is 1.52. The van der Waals surface area contributed by atoms with Crippen LogP contribution in [0.25, 0.3) is 0 Å². The zero-order valence-electron chi connectivity index (χ0n) is 10.3. The summed E-state index contributed by atoms with van der Waals surface area (Å²) in [7, 11) is 0. The minimum Gasteiger partial charge on any atom is -0.339 e.